The maximum atomic E-state index is 13.9. The fourth-order valence-electron chi connectivity index (χ4n) is 3.41. The number of nitrogens with zero attached hydrogens (tertiary/aromatic N) is 4. The molecule has 1 aromatic carbocycles. The summed E-state index contributed by atoms with van der Waals surface area (Å²) in [5, 5.41) is 3.19. The molecule has 0 bridgehead atoms. The molecule has 0 saturated carbocycles. The van der Waals surface area contributed by atoms with Crippen molar-refractivity contribution in [3.63, 3.8) is 0 Å². The first-order valence-electron chi connectivity index (χ1n) is 9.65. The van der Waals surface area contributed by atoms with Gasteiger partial charge in [-0.25, -0.2) is 9.97 Å². The fraction of sp³-hybridized carbons (Fsp3) is 0.300. The highest BCUT2D eigenvalue weighted by Crippen LogP contribution is 2.43. The maximum Gasteiger partial charge on any atom is 0.434 e. The minimum atomic E-state index is -4.93. The van der Waals surface area contributed by atoms with Crippen LogP contribution in [-0.2, 0) is 11.0 Å². The van der Waals surface area contributed by atoms with Crippen LogP contribution in [0.4, 0.5) is 18.9 Å². The van der Waals surface area contributed by atoms with Gasteiger partial charge in [0.15, 0.2) is 11.5 Å². The molecule has 0 unspecified atom stereocenters. The van der Waals surface area contributed by atoms with Crippen LogP contribution < -0.4 is 11.1 Å². The molecule has 0 atom stereocenters. The lowest BCUT2D eigenvalue weighted by Crippen LogP contribution is -2.47. The van der Waals surface area contributed by atoms with E-state index in [1.807, 2.05) is 11.9 Å². The number of nitrogens with two attached hydrogens (primary N) is 1. The second kappa shape index (κ2) is 9.57. The number of thioether (sulfide) groups is 1. The molecule has 33 heavy (non-hydrogen) atoms. The Bertz CT molecular complexity index is 1090. The SMILES string of the molecule is CN1CCN(C(=O)c2cnc(C(C(N)=O)=C3Nc4ccccc4S3)nc2C(F)(F)F)CC1.Cl. The van der Waals surface area contributed by atoms with E-state index in [0.717, 1.165) is 22.9 Å². The zero-order valence-corrected chi connectivity index (χ0v) is 19.0. The van der Waals surface area contributed by atoms with Gasteiger partial charge in [0.1, 0.15) is 5.57 Å². The molecule has 176 valence electrons. The van der Waals surface area contributed by atoms with Crippen molar-refractivity contribution >= 4 is 47.2 Å². The Morgan fingerprint density at radius 3 is 2.42 bits per heavy atom. The number of likely N-dealkylation sites (N-methyl/N-ethyl adjacent to an activating group) is 1. The van der Waals surface area contributed by atoms with Crippen molar-refractivity contribution in [2.45, 2.75) is 11.1 Å². The third kappa shape index (κ3) is 5.07. The van der Waals surface area contributed by atoms with Crippen molar-refractivity contribution < 1.29 is 22.8 Å². The van der Waals surface area contributed by atoms with Gasteiger partial charge in [-0.15, -0.1) is 12.4 Å². The number of aromatic nitrogens is 2. The molecule has 2 amide bonds. The Hall–Kier alpha value is -2.83. The number of halogens is 4. The smallest absolute Gasteiger partial charge is 0.365 e. The van der Waals surface area contributed by atoms with Gasteiger partial charge < -0.3 is 20.9 Å². The largest absolute Gasteiger partial charge is 0.434 e. The number of fused-ring (bicyclic) bond motifs is 1. The number of primary amides is 1. The Morgan fingerprint density at radius 1 is 1.15 bits per heavy atom. The summed E-state index contributed by atoms with van der Waals surface area (Å²) >= 11 is 1.14. The van der Waals surface area contributed by atoms with E-state index in [1.54, 1.807) is 24.3 Å². The van der Waals surface area contributed by atoms with Crippen LogP contribution >= 0.6 is 24.2 Å². The molecule has 8 nitrogen and oxygen atoms in total. The molecule has 1 fully saturated rings. The number of alkyl halides is 3. The normalized spacial score (nSPS) is 17.6. The van der Waals surface area contributed by atoms with Gasteiger partial charge in [-0.1, -0.05) is 23.9 Å². The fourth-order valence-corrected chi connectivity index (χ4v) is 4.46. The number of carbonyl (C=O) groups excluding carboxylic acids is 2. The first-order valence-corrected chi connectivity index (χ1v) is 10.5. The maximum absolute atomic E-state index is 13.9. The van der Waals surface area contributed by atoms with Crippen LogP contribution in [0.1, 0.15) is 21.9 Å². The van der Waals surface area contributed by atoms with Crippen LogP contribution in [0, 0.1) is 0 Å². The Kier molecular flexibility index (Phi) is 7.20. The monoisotopic (exact) mass is 500 g/mol. The predicted molar refractivity (Wildman–Crippen MR) is 120 cm³/mol. The Labute approximate surface area is 197 Å². The molecule has 2 aliphatic rings. The number of rotatable bonds is 3. The van der Waals surface area contributed by atoms with Crippen molar-refractivity contribution in [2.24, 2.45) is 5.73 Å². The molecule has 0 radical (unpaired) electrons. The van der Waals surface area contributed by atoms with Crippen molar-refractivity contribution in [1.29, 1.82) is 0 Å². The lowest BCUT2D eigenvalue weighted by molar-refractivity contribution is -0.141. The van der Waals surface area contributed by atoms with E-state index in [1.165, 1.54) is 4.90 Å². The molecule has 4 rings (SSSR count). The first-order chi connectivity index (χ1) is 15.1. The summed E-state index contributed by atoms with van der Waals surface area (Å²) in [7, 11) is 1.87. The van der Waals surface area contributed by atoms with E-state index in [2.05, 4.69) is 15.3 Å². The summed E-state index contributed by atoms with van der Waals surface area (Å²) in [6, 6.07) is 7.11. The van der Waals surface area contributed by atoms with E-state index in [-0.39, 0.29) is 23.0 Å². The van der Waals surface area contributed by atoms with E-state index in [4.69, 9.17) is 5.73 Å². The van der Waals surface area contributed by atoms with Gasteiger partial charge in [0.05, 0.1) is 16.3 Å². The molecule has 2 aliphatic heterocycles. The van der Waals surface area contributed by atoms with Gasteiger partial charge in [-0.3, -0.25) is 9.59 Å². The zero-order valence-electron chi connectivity index (χ0n) is 17.3. The van der Waals surface area contributed by atoms with Crippen molar-refractivity contribution in [3.8, 4) is 0 Å². The molecule has 0 spiro atoms. The summed E-state index contributed by atoms with van der Waals surface area (Å²) in [4.78, 5) is 36.6. The average Bonchev–Trinajstić information content (AvgIpc) is 3.16. The van der Waals surface area contributed by atoms with Gasteiger partial charge in [0.2, 0.25) is 0 Å². The highest BCUT2D eigenvalue weighted by molar-refractivity contribution is 8.04. The molecule has 3 N–H and O–H groups in total. The van der Waals surface area contributed by atoms with Crippen LogP contribution in [0.2, 0.25) is 0 Å². The highest BCUT2D eigenvalue weighted by Gasteiger charge is 2.40. The summed E-state index contributed by atoms with van der Waals surface area (Å²) in [5.74, 6) is -2.28. The first kappa shape index (κ1) is 24.8. The predicted octanol–water partition coefficient (Wildman–Crippen LogP) is 2.68. The van der Waals surface area contributed by atoms with E-state index < -0.39 is 35.1 Å². The van der Waals surface area contributed by atoms with Gasteiger partial charge in [0.25, 0.3) is 11.8 Å². The molecule has 1 saturated heterocycles. The zero-order chi connectivity index (χ0) is 23.0. The second-order valence-corrected chi connectivity index (χ2v) is 8.39. The van der Waals surface area contributed by atoms with Crippen LogP contribution in [-0.4, -0.2) is 64.8 Å². The van der Waals surface area contributed by atoms with Crippen molar-refractivity contribution in [3.05, 3.63) is 52.6 Å². The number of piperazine rings is 1. The minimum absolute atomic E-state index is 0. The standard InChI is InChI=1S/C20H19F3N6O2S.ClH/c1-28-6-8-29(9-7-28)19(31)11-10-25-17(27-15(11)20(21,22)23)14(16(24)30)18-26-12-4-2-3-5-13(12)32-18;/h2-5,10,26H,6-9H2,1H3,(H2,24,30);1H. The molecule has 0 aliphatic carbocycles. The Balaban J connectivity index is 0.00000306. The van der Waals surface area contributed by atoms with E-state index >= 15 is 0 Å². The van der Waals surface area contributed by atoms with Crippen LogP contribution in [0.5, 0.6) is 0 Å². The third-order valence-electron chi connectivity index (χ3n) is 5.12. The van der Waals surface area contributed by atoms with Gasteiger partial charge in [-0.05, 0) is 19.2 Å². The lowest BCUT2D eigenvalue weighted by Gasteiger charge is -2.32. The molecular weight excluding hydrogens is 481 g/mol. The summed E-state index contributed by atoms with van der Waals surface area (Å²) < 4.78 is 41.6. The average molecular weight is 501 g/mol. The minimum Gasteiger partial charge on any atom is -0.365 e. The number of hydrogen-bond donors (Lipinski definition) is 2. The molecule has 2 aromatic rings. The third-order valence-corrected chi connectivity index (χ3v) is 6.21. The quantitative estimate of drug-likeness (QED) is 0.624. The molecular formula is C20H20ClF3N6O2S. The molecule has 13 heteroatoms. The second-order valence-electron chi connectivity index (χ2n) is 7.34. The number of amides is 2. The summed E-state index contributed by atoms with van der Waals surface area (Å²) in [6.07, 6.45) is -4.11. The van der Waals surface area contributed by atoms with Crippen molar-refractivity contribution in [2.75, 3.05) is 38.5 Å². The summed E-state index contributed by atoms with van der Waals surface area (Å²) in [5.41, 5.74) is 3.83. The molecule has 3 heterocycles. The van der Waals surface area contributed by atoms with Crippen LogP contribution in [0.25, 0.3) is 5.57 Å². The van der Waals surface area contributed by atoms with Crippen LogP contribution in [0.3, 0.4) is 0 Å². The summed E-state index contributed by atoms with van der Waals surface area (Å²) in [6.45, 7) is 1.69. The van der Waals surface area contributed by atoms with Gasteiger partial charge >= 0.3 is 6.18 Å². The highest BCUT2D eigenvalue weighted by atomic mass is 35.5. The number of benzene rings is 1. The Morgan fingerprint density at radius 2 is 1.82 bits per heavy atom. The number of hydrogen-bond acceptors (Lipinski definition) is 7. The number of para-hydroxylation sites is 1. The van der Waals surface area contributed by atoms with E-state index in [9.17, 15) is 22.8 Å². The number of anilines is 1. The molecule has 1 aromatic heterocycles. The van der Waals surface area contributed by atoms with Gasteiger partial charge in [-0.2, -0.15) is 13.2 Å². The van der Waals surface area contributed by atoms with Crippen LogP contribution in [0.15, 0.2) is 40.4 Å². The van der Waals surface area contributed by atoms with E-state index in [0.29, 0.717) is 31.9 Å². The van der Waals surface area contributed by atoms with Crippen molar-refractivity contribution in [1.82, 2.24) is 19.8 Å². The topological polar surface area (TPSA) is 104 Å². The number of carbonyl (C=O) groups is 2. The van der Waals surface area contributed by atoms with Gasteiger partial charge in [0, 0.05) is 37.3 Å². The lowest BCUT2D eigenvalue weighted by atomic mass is 10.1. The number of nitrogens with one attached hydrogen (secondary N) is 1.